The molecule has 158 valence electrons. The summed E-state index contributed by atoms with van der Waals surface area (Å²) in [5.41, 5.74) is 3.43. The minimum absolute atomic E-state index is 0.0878. The monoisotopic (exact) mass is 452 g/mol. The van der Waals surface area contributed by atoms with Gasteiger partial charge in [-0.3, -0.25) is 9.36 Å². The lowest BCUT2D eigenvalue weighted by Gasteiger charge is -2.33. The van der Waals surface area contributed by atoms with Gasteiger partial charge in [0.05, 0.1) is 11.0 Å². The largest absolute Gasteiger partial charge is 0.336 e. The molecule has 0 radical (unpaired) electrons. The van der Waals surface area contributed by atoms with E-state index in [1.54, 1.807) is 40.9 Å². The number of nitrogens with zero attached hydrogens (tertiary/aromatic N) is 4. The average Bonchev–Trinajstić information content (AvgIpc) is 3.50. The number of fused-ring (bicyclic) bond motifs is 1. The van der Waals surface area contributed by atoms with Gasteiger partial charge in [0.15, 0.2) is 0 Å². The first-order valence-electron chi connectivity index (χ1n) is 9.89. The average molecular weight is 453 g/mol. The van der Waals surface area contributed by atoms with E-state index in [4.69, 9.17) is 0 Å². The van der Waals surface area contributed by atoms with E-state index in [0.29, 0.717) is 36.0 Å². The van der Waals surface area contributed by atoms with Crippen molar-refractivity contribution in [2.75, 3.05) is 26.2 Å². The van der Waals surface area contributed by atoms with Crippen LogP contribution in [0.2, 0.25) is 0 Å². The lowest BCUT2D eigenvalue weighted by molar-refractivity contribution is 0.0698. The summed E-state index contributed by atoms with van der Waals surface area (Å²) in [7, 11) is -3.48. The first-order chi connectivity index (χ1) is 15.0. The smallest absolute Gasteiger partial charge is 0.253 e. The highest BCUT2D eigenvalue weighted by Crippen LogP contribution is 2.23. The Morgan fingerprint density at radius 1 is 0.903 bits per heavy atom. The lowest BCUT2D eigenvalue weighted by Crippen LogP contribution is -2.50. The number of carbonyl (C=O) groups is 1. The molecule has 1 fully saturated rings. The summed E-state index contributed by atoms with van der Waals surface area (Å²) in [6, 6.07) is 18.6. The lowest BCUT2D eigenvalue weighted by atomic mass is 10.1. The molecular formula is C22H20N4O3S2. The third-order valence-corrected chi connectivity index (χ3v) is 8.73. The molecule has 0 bridgehead atoms. The summed E-state index contributed by atoms with van der Waals surface area (Å²) >= 11 is 1.21. The molecule has 2 aromatic carbocycles. The van der Waals surface area contributed by atoms with Crippen LogP contribution in [0, 0.1) is 0 Å². The molecule has 5 rings (SSSR count). The zero-order chi connectivity index (χ0) is 21.4. The van der Waals surface area contributed by atoms with E-state index in [2.05, 4.69) is 4.98 Å². The number of amides is 1. The third-order valence-electron chi connectivity index (χ3n) is 5.46. The Hall–Kier alpha value is -3.01. The third kappa shape index (κ3) is 3.65. The number of para-hydroxylation sites is 2. The first-order valence-corrected chi connectivity index (χ1v) is 12.2. The molecule has 0 N–H and O–H groups in total. The van der Waals surface area contributed by atoms with Crippen molar-refractivity contribution in [1.29, 1.82) is 0 Å². The molecule has 1 saturated heterocycles. The molecule has 0 unspecified atom stereocenters. The van der Waals surface area contributed by atoms with Gasteiger partial charge in [0.2, 0.25) is 0 Å². The number of hydrogen-bond acceptors (Lipinski definition) is 5. The fraction of sp³-hybridized carbons (Fsp3) is 0.182. The first kappa shape index (κ1) is 19.9. The van der Waals surface area contributed by atoms with Gasteiger partial charge in [-0.25, -0.2) is 13.4 Å². The van der Waals surface area contributed by atoms with Crippen molar-refractivity contribution in [2.45, 2.75) is 4.21 Å². The number of carbonyl (C=O) groups excluding carboxylic acids is 1. The summed E-state index contributed by atoms with van der Waals surface area (Å²) in [5, 5.41) is 1.75. The van der Waals surface area contributed by atoms with Crippen LogP contribution in [0.1, 0.15) is 10.4 Å². The maximum absolute atomic E-state index is 12.9. The highest BCUT2D eigenvalue weighted by atomic mass is 32.2. The molecule has 4 aromatic rings. The molecule has 3 heterocycles. The van der Waals surface area contributed by atoms with E-state index in [9.17, 15) is 13.2 Å². The van der Waals surface area contributed by atoms with Crippen molar-refractivity contribution in [3.8, 4) is 5.69 Å². The number of imidazole rings is 1. The Labute approximate surface area is 184 Å². The fourth-order valence-corrected chi connectivity index (χ4v) is 6.35. The van der Waals surface area contributed by atoms with E-state index in [0.717, 1.165) is 16.7 Å². The standard InChI is InChI=1S/C22H20N4O3S2/c27-22(24-11-13-25(14-12-24)31(28,29)21-6-3-15-30-21)17-7-9-18(10-8-17)26-16-23-19-4-1-2-5-20(19)26/h1-10,15-16H,11-14H2. The number of thiophene rings is 1. The van der Waals surface area contributed by atoms with Crippen LogP contribution >= 0.6 is 11.3 Å². The van der Waals surface area contributed by atoms with Crippen molar-refractivity contribution in [2.24, 2.45) is 0 Å². The second-order valence-electron chi connectivity index (χ2n) is 7.28. The van der Waals surface area contributed by atoms with Gasteiger partial charge in [-0.05, 0) is 47.8 Å². The molecule has 1 aliphatic heterocycles. The molecule has 0 aliphatic carbocycles. The number of piperazine rings is 1. The molecule has 2 aromatic heterocycles. The SMILES string of the molecule is O=C(c1ccc(-n2cnc3ccccc32)cc1)N1CCN(S(=O)(=O)c2cccs2)CC1. The Bertz CT molecular complexity index is 1320. The van der Waals surface area contributed by atoms with E-state index in [-0.39, 0.29) is 5.91 Å². The van der Waals surface area contributed by atoms with Gasteiger partial charge >= 0.3 is 0 Å². The van der Waals surface area contributed by atoms with Gasteiger partial charge in [0.25, 0.3) is 15.9 Å². The van der Waals surface area contributed by atoms with Crippen LogP contribution in [0.25, 0.3) is 16.7 Å². The summed E-state index contributed by atoms with van der Waals surface area (Å²) in [6.45, 7) is 1.34. The van der Waals surface area contributed by atoms with Gasteiger partial charge < -0.3 is 4.90 Å². The summed E-state index contributed by atoms with van der Waals surface area (Å²) in [4.78, 5) is 19.1. The van der Waals surface area contributed by atoms with Crippen LogP contribution in [0.15, 0.2) is 76.6 Å². The van der Waals surface area contributed by atoms with Crippen molar-refractivity contribution < 1.29 is 13.2 Å². The Morgan fingerprint density at radius 2 is 1.65 bits per heavy atom. The number of hydrogen-bond donors (Lipinski definition) is 0. The second kappa shape index (κ2) is 7.92. The highest BCUT2D eigenvalue weighted by Gasteiger charge is 2.31. The zero-order valence-corrected chi connectivity index (χ0v) is 18.2. The van der Waals surface area contributed by atoms with Crippen molar-refractivity contribution in [3.63, 3.8) is 0 Å². The molecule has 1 amide bonds. The molecule has 0 spiro atoms. The molecule has 7 nitrogen and oxygen atoms in total. The van der Waals surface area contributed by atoms with Gasteiger partial charge in [-0.2, -0.15) is 4.31 Å². The normalized spacial score (nSPS) is 15.4. The molecule has 0 saturated carbocycles. The van der Waals surface area contributed by atoms with Crippen molar-refractivity contribution >= 4 is 38.3 Å². The number of rotatable bonds is 4. The quantitative estimate of drug-likeness (QED) is 0.476. The van der Waals surface area contributed by atoms with Crippen molar-refractivity contribution in [1.82, 2.24) is 18.8 Å². The van der Waals surface area contributed by atoms with Crippen LogP contribution in [0.3, 0.4) is 0 Å². The van der Waals surface area contributed by atoms with Crippen LogP contribution in [0.5, 0.6) is 0 Å². The second-order valence-corrected chi connectivity index (χ2v) is 10.4. The van der Waals surface area contributed by atoms with E-state index < -0.39 is 10.0 Å². The summed E-state index contributed by atoms with van der Waals surface area (Å²) in [6.07, 6.45) is 1.77. The Balaban J connectivity index is 1.28. The number of benzene rings is 2. The van der Waals surface area contributed by atoms with Crippen LogP contribution in [-0.2, 0) is 10.0 Å². The predicted molar refractivity (Wildman–Crippen MR) is 120 cm³/mol. The van der Waals surface area contributed by atoms with Crippen LogP contribution < -0.4 is 0 Å². The van der Waals surface area contributed by atoms with Gasteiger partial charge in [-0.15, -0.1) is 11.3 Å². The maximum atomic E-state index is 12.9. The number of sulfonamides is 1. The van der Waals surface area contributed by atoms with Gasteiger partial charge in [-0.1, -0.05) is 18.2 Å². The zero-order valence-electron chi connectivity index (χ0n) is 16.6. The highest BCUT2D eigenvalue weighted by molar-refractivity contribution is 7.91. The summed E-state index contributed by atoms with van der Waals surface area (Å²) < 4.78 is 29.1. The van der Waals surface area contributed by atoms with Crippen molar-refractivity contribution in [3.05, 3.63) is 77.9 Å². The minimum atomic E-state index is -3.48. The predicted octanol–water partition coefficient (Wildman–Crippen LogP) is 3.23. The molecule has 1 aliphatic rings. The topological polar surface area (TPSA) is 75.5 Å². The number of aromatic nitrogens is 2. The maximum Gasteiger partial charge on any atom is 0.253 e. The molecule has 31 heavy (non-hydrogen) atoms. The Morgan fingerprint density at radius 3 is 2.35 bits per heavy atom. The fourth-order valence-electron chi connectivity index (χ4n) is 3.78. The van der Waals surface area contributed by atoms with Crippen LogP contribution in [-0.4, -0.2) is 59.3 Å². The van der Waals surface area contributed by atoms with E-state index in [1.165, 1.54) is 15.6 Å². The van der Waals surface area contributed by atoms with Gasteiger partial charge in [0.1, 0.15) is 10.5 Å². The summed E-state index contributed by atoms with van der Waals surface area (Å²) in [5.74, 6) is -0.0878. The van der Waals surface area contributed by atoms with E-state index >= 15 is 0 Å². The minimum Gasteiger partial charge on any atom is -0.336 e. The molecule has 9 heteroatoms. The molecular weight excluding hydrogens is 432 g/mol. The van der Waals surface area contributed by atoms with E-state index in [1.807, 2.05) is 41.0 Å². The van der Waals surface area contributed by atoms with Gasteiger partial charge in [0, 0.05) is 37.4 Å². The van der Waals surface area contributed by atoms with Crippen LogP contribution in [0.4, 0.5) is 0 Å². The Kier molecular flexibility index (Phi) is 5.09. The molecule has 0 atom stereocenters.